The van der Waals surface area contributed by atoms with E-state index in [2.05, 4.69) is 146 Å². The van der Waals surface area contributed by atoms with Crippen LogP contribution in [-0.4, -0.2) is 19.9 Å². The number of pyridine rings is 1. The quantitative estimate of drug-likeness (QED) is 0.156. The van der Waals surface area contributed by atoms with Gasteiger partial charge in [-0.1, -0.05) is 170 Å². The first kappa shape index (κ1) is 36.0. The number of fused-ring (bicyclic) bond motifs is 9. The van der Waals surface area contributed by atoms with Gasteiger partial charge in [0.15, 0.2) is 17.5 Å². The lowest BCUT2D eigenvalue weighted by Gasteiger charge is -2.16. The summed E-state index contributed by atoms with van der Waals surface area (Å²) in [6, 6.07) is 70.8. The molecular formula is C58H34N4O2. The number of nitrogens with zero attached hydrogens (tertiary/aromatic N) is 4. The van der Waals surface area contributed by atoms with Crippen molar-refractivity contribution in [2.24, 2.45) is 0 Å². The molecule has 0 N–H and O–H groups in total. The number of para-hydroxylation sites is 4. The summed E-state index contributed by atoms with van der Waals surface area (Å²) in [4.78, 5) is 20.9. The van der Waals surface area contributed by atoms with Crippen LogP contribution < -0.4 is 0 Å². The maximum Gasteiger partial charge on any atom is 0.164 e. The van der Waals surface area contributed by atoms with Gasteiger partial charge < -0.3 is 8.83 Å². The van der Waals surface area contributed by atoms with Gasteiger partial charge in [-0.05, 0) is 47.5 Å². The third-order valence-corrected chi connectivity index (χ3v) is 12.3. The van der Waals surface area contributed by atoms with E-state index in [1.807, 2.05) is 60.7 Å². The largest absolute Gasteiger partial charge is 0.456 e. The molecular weight excluding hydrogens is 785 g/mol. The predicted octanol–water partition coefficient (Wildman–Crippen LogP) is 15.4. The van der Waals surface area contributed by atoms with Gasteiger partial charge in [-0.25, -0.2) is 19.9 Å². The molecule has 0 saturated heterocycles. The second-order valence-electron chi connectivity index (χ2n) is 16.1. The Balaban J connectivity index is 1.01. The van der Waals surface area contributed by atoms with Gasteiger partial charge in [0.25, 0.3) is 0 Å². The monoisotopic (exact) mass is 818 g/mol. The van der Waals surface area contributed by atoms with Crippen LogP contribution in [0.2, 0.25) is 0 Å². The molecule has 0 aliphatic rings. The Morgan fingerprint density at radius 3 is 1.58 bits per heavy atom. The highest BCUT2D eigenvalue weighted by molar-refractivity contribution is 6.27. The third kappa shape index (κ3) is 5.81. The standard InChI is InChI=1S/C58H34N4O2/c1-3-16-35(17-4-1)51-52-44-25-7-10-29-47(44)59-54(46(52)34-50-53(51)45-26-9-12-31-49(45)63-50)38-21-14-23-40(33-38)58-61-56(36-18-5-2-6-19-36)60-57(62-58)39-22-13-20-37(32-39)41-27-15-28-43-42-24-8-11-30-48(42)64-55(41)43/h1-34H. The fourth-order valence-electron chi connectivity index (χ4n) is 9.39. The van der Waals surface area contributed by atoms with E-state index in [4.69, 9.17) is 28.8 Å². The lowest BCUT2D eigenvalue weighted by molar-refractivity contribution is 0.669. The zero-order valence-corrected chi connectivity index (χ0v) is 34.2. The number of aromatic nitrogens is 4. The molecule has 0 spiro atoms. The highest BCUT2D eigenvalue weighted by atomic mass is 16.3. The number of furan rings is 2. The second-order valence-corrected chi connectivity index (χ2v) is 16.1. The van der Waals surface area contributed by atoms with Crippen LogP contribution in [0.25, 0.3) is 133 Å². The summed E-state index contributed by atoms with van der Waals surface area (Å²) < 4.78 is 13.1. The summed E-state index contributed by atoms with van der Waals surface area (Å²) in [5, 5.41) is 7.56. The van der Waals surface area contributed by atoms with E-state index in [0.717, 1.165) is 116 Å². The van der Waals surface area contributed by atoms with Crippen molar-refractivity contribution in [3.05, 3.63) is 206 Å². The Morgan fingerprint density at radius 1 is 0.297 bits per heavy atom. The summed E-state index contributed by atoms with van der Waals surface area (Å²) in [6.07, 6.45) is 0. The van der Waals surface area contributed by atoms with Gasteiger partial charge in [-0.3, -0.25) is 0 Å². The lowest BCUT2D eigenvalue weighted by Crippen LogP contribution is -2.00. The maximum atomic E-state index is 6.64. The van der Waals surface area contributed by atoms with Crippen molar-refractivity contribution < 1.29 is 8.83 Å². The van der Waals surface area contributed by atoms with Gasteiger partial charge in [0.05, 0.1) is 11.2 Å². The van der Waals surface area contributed by atoms with E-state index in [0.29, 0.717) is 17.5 Å². The summed E-state index contributed by atoms with van der Waals surface area (Å²) in [5.74, 6) is 1.72. The number of benzene rings is 9. The highest BCUT2D eigenvalue weighted by Crippen LogP contribution is 2.46. The molecule has 13 rings (SSSR count). The van der Waals surface area contributed by atoms with E-state index in [1.54, 1.807) is 0 Å². The molecule has 6 heteroatoms. The molecule has 6 nitrogen and oxygen atoms in total. The normalized spacial score (nSPS) is 11.8. The van der Waals surface area contributed by atoms with Crippen LogP contribution in [0, 0.1) is 0 Å². The molecule has 0 radical (unpaired) electrons. The molecule has 0 bridgehead atoms. The molecule has 0 atom stereocenters. The van der Waals surface area contributed by atoms with Crippen LogP contribution in [0.4, 0.5) is 0 Å². The Labute approximate surface area is 366 Å². The van der Waals surface area contributed by atoms with Gasteiger partial charge in [-0.2, -0.15) is 0 Å². The van der Waals surface area contributed by atoms with Gasteiger partial charge in [0.2, 0.25) is 0 Å². The molecule has 0 amide bonds. The Bertz CT molecular complexity index is 3970. The smallest absolute Gasteiger partial charge is 0.164 e. The molecule has 0 aliphatic carbocycles. The first-order valence-corrected chi connectivity index (χ1v) is 21.4. The summed E-state index contributed by atoms with van der Waals surface area (Å²) in [5.41, 5.74) is 12.9. The first-order chi connectivity index (χ1) is 31.7. The minimum Gasteiger partial charge on any atom is -0.456 e. The molecule has 4 aromatic heterocycles. The Kier molecular flexibility index (Phi) is 8.11. The van der Waals surface area contributed by atoms with E-state index in [-0.39, 0.29) is 0 Å². The van der Waals surface area contributed by atoms with Crippen LogP contribution in [0.1, 0.15) is 0 Å². The van der Waals surface area contributed by atoms with Crippen molar-refractivity contribution in [3.63, 3.8) is 0 Å². The zero-order valence-electron chi connectivity index (χ0n) is 34.2. The minimum absolute atomic E-state index is 0.560. The Hall–Kier alpha value is -8.74. The van der Waals surface area contributed by atoms with Gasteiger partial charge in [0.1, 0.15) is 22.3 Å². The van der Waals surface area contributed by atoms with Gasteiger partial charge in [-0.15, -0.1) is 0 Å². The minimum atomic E-state index is 0.560. The Morgan fingerprint density at radius 2 is 0.828 bits per heavy atom. The maximum absolute atomic E-state index is 6.64. The fourth-order valence-corrected chi connectivity index (χ4v) is 9.39. The molecule has 0 saturated carbocycles. The van der Waals surface area contributed by atoms with Gasteiger partial charge >= 0.3 is 0 Å². The fraction of sp³-hybridized carbons (Fsp3) is 0. The van der Waals surface area contributed by atoms with Crippen LogP contribution in [0.5, 0.6) is 0 Å². The van der Waals surface area contributed by atoms with E-state index >= 15 is 0 Å². The first-order valence-electron chi connectivity index (χ1n) is 21.4. The zero-order chi connectivity index (χ0) is 42.1. The van der Waals surface area contributed by atoms with Crippen molar-refractivity contribution in [2.45, 2.75) is 0 Å². The number of hydrogen-bond acceptors (Lipinski definition) is 6. The number of rotatable bonds is 6. The van der Waals surface area contributed by atoms with Crippen molar-refractivity contribution in [1.82, 2.24) is 19.9 Å². The van der Waals surface area contributed by atoms with E-state index < -0.39 is 0 Å². The van der Waals surface area contributed by atoms with E-state index in [9.17, 15) is 0 Å². The van der Waals surface area contributed by atoms with Crippen molar-refractivity contribution in [3.8, 4) is 67.7 Å². The molecule has 13 aromatic rings. The molecule has 0 aliphatic heterocycles. The molecule has 4 heterocycles. The van der Waals surface area contributed by atoms with Crippen molar-refractivity contribution in [1.29, 1.82) is 0 Å². The summed E-state index contributed by atoms with van der Waals surface area (Å²) in [6.45, 7) is 0. The van der Waals surface area contributed by atoms with Crippen molar-refractivity contribution in [2.75, 3.05) is 0 Å². The predicted molar refractivity (Wildman–Crippen MR) is 260 cm³/mol. The SMILES string of the molecule is c1ccc(-c2nc(-c3cccc(-c4nc5ccccc5c5c(-c6ccccc6)c6c(cc45)oc4ccccc46)c3)nc(-c3cccc(-c4cccc5c4oc4ccccc45)c3)n2)cc1. The van der Waals surface area contributed by atoms with Crippen LogP contribution in [0.15, 0.2) is 215 Å². The molecule has 64 heavy (non-hydrogen) atoms. The van der Waals surface area contributed by atoms with Crippen LogP contribution in [-0.2, 0) is 0 Å². The topological polar surface area (TPSA) is 77.8 Å². The molecule has 0 unspecified atom stereocenters. The van der Waals surface area contributed by atoms with Crippen LogP contribution in [0.3, 0.4) is 0 Å². The molecule has 298 valence electrons. The summed E-state index contributed by atoms with van der Waals surface area (Å²) >= 11 is 0. The third-order valence-electron chi connectivity index (χ3n) is 12.3. The number of hydrogen-bond donors (Lipinski definition) is 0. The average Bonchev–Trinajstić information content (AvgIpc) is 3.94. The van der Waals surface area contributed by atoms with Crippen LogP contribution >= 0.6 is 0 Å². The molecule has 0 fully saturated rings. The van der Waals surface area contributed by atoms with E-state index in [1.165, 1.54) is 0 Å². The average molecular weight is 819 g/mol. The highest BCUT2D eigenvalue weighted by Gasteiger charge is 2.22. The second kappa shape index (κ2) is 14.4. The molecule has 9 aromatic carbocycles. The lowest BCUT2D eigenvalue weighted by atomic mass is 9.89. The van der Waals surface area contributed by atoms with Gasteiger partial charge in [0, 0.05) is 71.1 Å². The summed E-state index contributed by atoms with van der Waals surface area (Å²) in [7, 11) is 0. The van der Waals surface area contributed by atoms with Crippen molar-refractivity contribution >= 4 is 65.6 Å².